The molecule has 5 aromatic carbocycles. The first-order valence-corrected chi connectivity index (χ1v) is 23.8. The summed E-state index contributed by atoms with van der Waals surface area (Å²) in [6.45, 7) is 18.4. The number of allylic oxidation sites excluding steroid dienone is 1. The lowest BCUT2D eigenvalue weighted by Gasteiger charge is -2.47. The molecule has 0 aliphatic carbocycles. The lowest BCUT2D eigenvalue weighted by molar-refractivity contribution is -0.0487. The minimum Gasteiger partial charge on any atom is -0.493 e. The second-order valence-corrected chi connectivity index (χ2v) is 22.3. The van der Waals surface area contributed by atoms with Crippen molar-refractivity contribution < 1.29 is 33.2 Å². The summed E-state index contributed by atoms with van der Waals surface area (Å²) in [5, 5.41) is 12.5. The van der Waals surface area contributed by atoms with Crippen LogP contribution in [-0.4, -0.2) is 48.5 Å². The maximum absolute atomic E-state index is 12.5. The van der Waals surface area contributed by atoms with Crippen molar-refractivity contribution >= 4 is 8.32 Å². The van der Waals surface area contributed by atoms with Crippen LogP contribution in [0.15, 0.2) is 140 Å². The maximum Gasteiger partial charge on any atom is 0.201 e. The highest BCUT2D eigenvalue weighted by Gasteiger charge is 2.49. The average Bonchev–Trinajstić information content (AvgIpc) is 3.29. The predicted molar refractivity (Wildman–Crippen MR) is 250 cm³/mol. The van der Waals surface area contributed by atoms with Crippen molar-refractivity contribution in [2.24, 2.45) is 11.8 Å². The van der Waals surface area contributed by atoms with Crippen LogP contribution in [0, 0.1) is 11.8 Å². The van der Waals surface area contributed by atoms with Gasteiger partial charge >= 0.3 is 0 Å². The molecule has 0 aliphatic heterocycles. The Morgan fingerprint density at radius 3 is 1.36 bits per heavy atom. The predicted octanol–water partition coefficient (Wildman–Crippen LogP) is 12.9. The molecular formula is C53H68O7Si. The van der Waals surface area contributed by atoms with Crippen LogP contribution in [0.5, 0.6) is 23.0 Å². The van der Waals surface area contributed by atoms with Crippen molar-refractivity contribution in [2.45, 2.75) is 88.8 Å². The Bertz CT molecular complexity index is 1970. The van der Waals surface area contributed by atoms with Gasteiger partial charge in [-0.3, -0.25) is 0 Å². The number of benzene rings is 5. The SMILES string of the molecule is C=CC[C@H](C[C@@H](COC(c1ccccc1)(c1ccccc1)c1ccccc1)[C@H](O[Si](C(C)C)(C(C)C)C(C)C)c1ccc(OC)c(OC)c1)[C@@H](O)c1ccc(OC)c(OC)c1. The molecule has 8 heteroatoms. The van der Waals surface area contributed by atoms with Crippen LogP contribution in [0.2, 0.25) is 16.6 Å². The fraction of sp³-hybridized carbons (Fsp3) is 0.396. The number of ether oxygens (including phenoxy) is 5. The molecule has 0 saturated heterocycles. The molecule has 0 radical (unpaired) electrons. The molecule has 0 spiro atoms. The zero-order valence-corrected chi connectivity index (χ0v) is 39.0. The van der Waals surface area contributed by atoms with E-state index < -0.39 is 26.1 Å². The molecule has 0 fully saturated rings. The highest BCUT2D eigenvalue weighted by atomic mass is 28.4. The number of rotatable bonds is 23. The van der Waals surface area contributed by atoms with Gasteiger partial charge in [0.2, 0.25) is 8.32 Å². The Balaban J connectivity index is 1.78. The Labute approximate surface area is 366 Å². The molecule has 5 aromatic rings. The highest BCUT2D eigenvalue weighted by Crippen LogP contribution is 2.50. The van der Waals surface area contributed by atoms with Gasteiger partial charge in [-0.25, -0.2) is 0 Å². The fourth-order valence-corrected chi connectivity index (χ4v) is 15.2. The monoisotopic (exact) mass is 844 g/mol. The first kappa shape index (κ1) is 47.2. The van der Waals surface area contributed by atoms with Gasteiger partial charge in [0.25, 0.3) is 0 Å². The third-order valence-corrected chi connectivity index (χ3v) is 18.6. The van der Waals surface area contributed by atoms with E-state index in [2.05, 4.69) is 133 Å². The number of methoxy groups -OCH3 is 4. The van der Waals surface area contributed by atoms with E-state index in [9.17, 15) is 5.11 Å². The van der Waals surface area contributed by atoms with Crippen molar-refractivity contribution in [3.05, 3.63) is 168 Å². The lowest BCUT2D eigenvalue weighted by atomic mass is 9.79. The van der Waals surface area contributed by atoms with E-state index in [4.69, 9.17) is 28.1 Å². The number of hydrogen-bond donors (Lipinski definition) is 1. The summed E-state index contributed by atoms with van der Waals surface area (Å²) in [6, 6.07) is 43.2. The van der Waals surface area contributed by atoms with Crippen LogP contribution >= 0.6 is 0 Å². The average molecular weight is 845 g/mol. The zero-order valence-electron chi connectivity index (χ0n) is 38.0. The molecule has 61 heavy (non-hydrogen) atoms. The van der Waals surface area contributed by atoms with Crippen LogP contribution in [0.3, 0.4) is 0 Å². The maximum atomic E-state index is 12.5. The topological polar surface area (TPSA) is 75.6 Å². The van der Waals surface area contributed by atoms with Gasteiger partial charge < -0.3 is 33.2 Å². The van der Waals surface area contributed by atoms with Crippen LogP contribution in [0.25, 0.3) is 0 Å². The van der Waals surface area contributed by atoms with E-state index in [-0.39, 0.29) is 18.4 Å². The van der Waals surface area contributed by atoms with Gasteiger partial charge in [-0.2, -0.15) is 0 Å². The van der Waals surface area contributed by atoms with E-state index in [1.165, 1.54) is 0 Å². The van der Waals surface area contributed by atoms with Crippen molar-refractivity contribution in [3.63, 3.8) is 0 Å². The molecule has 1 N–H and O–H groups in total. The van der Waals surface area contributed by atoms with Crippen molar-refractivity contribution in [1.29, 1.82) is 0 Å². The van der Waals surface area contributed by atoms with Gasteiger partial charge in [0.1, 0.15) is 5.60 Å². The number of aliphatic hydroxyl groups is 1. The lowest BCUT2D eigenvalue weighted by Crippen LogP contribution is -2.50. The summed E-state index contributed by atoms with van der Waals surface area (Å²) in [6.07, 6.45) is 1.66. The van der Waals surface area contributed by atoms with Gasteiger partial charge in [-0.1, -0.05) is 151 Å². The normalized spacial score (nSPS) is 14.1. The molecule has 0 saturated carbocycles. The summed E-state index contributed by atoms with van der Waals surface area (Å²) in [5.41, 5.74) is 4.65. The van der Waals surface area contributed by atoms with E-state index in [1.54, 1.807) is 28.4 Å². The third kappa shape index (κ3) is 10.3. The summed E-state index contributed by atoms with van der Waals surface area (Å²) < 4.78 is 38.7. The van der Waals surface area contributed by atoms with Gasteiger partial charge in [-0.15, -0.1) is 6.58 Å². The van der Waals surface area contributed by atoms with E-state index in [0.717, 1.165) is 27.8 Å². The first-order valence-electron chi connectivity index (χ1n) is 21.6. The van der Waals surface area contributed by atoms with Gasteiger partial charge in [0, 0.05) is 5.92 Å². The molecule has 5 rings (SSSR count). The van der Waals surface area contributed by atoms with Gasteiger partial charge in [0.15, 0.2) is 23.0 Å². The van der Waals surface area contributed by atoms with Crippen molar-refractivity contribution in [2.75, 3.05) is 35.0 Å². The molecule has 326 valence electrons. The smallest absolute Gasteiger partial charge is 0.201 e. The van der Waals surface area contributed by atoms with Crippen LogP contribution in [0.4, 0.5) is 0 Å². The second-order valence-electron chi connectivity index (χ2n) is 16.9. The molecule has 0 amide bonds. The Morgan fingerprint density at radius 2 is 0.967 bits per heavy atom. The Morgan fingerprint density at radius 1 is 0.557 bits per heavy atom. The molecule has 7 nitrogen and oxygen atoms in total. The van der Waals surface area contributed by atoms with Crippen LogP contribution < -0.4 is 18.9 Å². The quantitative estimate of drug-likeness (QED) is 0.0399. The highest BCUT2D eigenvalue weighted by molar-refractivity contribution is 6.77. The molecule has 0 heterocycles. The van der Waals surface area contributed by atoms with E-state index in [1.807, 2.05) is 48.5 Å². The van der Waals surface area contributed by atoms with E-state index >= 15 is 0 Å². The number of aliphatic hydroxyl groups excluding tert-OH is 1. The fourth-order valence-electron chi connectivity index (χ4n) is 9.64. The molecule has 0 aliphatic rings. The minimum atomic E-state index is -2.58. The minimum absolute atomic E-state index is 0.275. The molecule has 0 aromatic heterocycles. The Kier molecular flexibility index (Phi) is 16.8. The third-order valence-electron chi connectivity index (χ3n) is 12.5. The van der Waals surface area contributed by atoms with Gasteiger partial charge in [-0.05, 0) is 87.5 Å². The molecular weight excluding hydrogens is 777 g/mol. The zero-order chi connectivity index (χ0) is 44.2. The van der Waals surface area contributed by atoms with Crippen molar-refractivity contribution in [1.82, 2.24) is 0 Å². The van der Waals surface area contributed by atoms with Crippen molar-refractivity contribution in [3.8, 4) is 23.0 Å². The summed E-state index contributed by atoms with van der Waals surface area (Å²) in [7, 11) is 3.97. The molecule has 0 bridgehead atoms. The first-order chi connectivity index (χ1) is 29.4. The molecule has 4 atom stereocenters. The molecule has 0 unspecified atom stereocenters. The second kappa shape index (κ2) is 21.8. The Hall–Kier alpha value is -4.86. The van der Waals surface area contributed by atoms with Crippen LogP contribution in [0.1, 0.15) is 94.4 Å². The number of hydrogen-bond acceptors (Lipinski definition) is 7. The summed E-state index contributed by atoms with van der Waals surface area (Å²) in [4.78, 5) is 0. The summed E-state index contributed by atoms with van der Waals surface area (Å²) in [5.74, 6) is 1.87. The summed E-state index contributed by atoms with van der Waals surface area (Å²) >= 11 is 0. The van der Waals surface area contributed by atoms with Gasteiger partial charge in [0.05, 0.1) is 47.3 Å². The van der Waals surface area contributed by atoms with E-state index in [0.29, 0.717) is 52.5 Å². The van der Waals surface area contributed by atoms with Crippen LogP contribution in [-0.2, 0) is 14.8 Å². The standard InChI is InChI=1S/C53H68O7Si/c1-12-22-40(51(54)41-29-31-47(55-8)49(34-41)57-10)33-43(52(42-30-32-48(56-9)50(35-42)58-11)60-61(37(2)3,38(4)5)39(6)7)36-59-53(44-23-16-13-17-24-44,45-25-18-14-19-26-45)46-27-20-15-21-28-46/h12-21,23-32,34-35,37-40,43,51-52,54H,1,22,33,36H2,2-11H3/t40-,43+,51-,52-/m1/s1. The largest absolute Gasteiger partial charge is 0.493 e.